The number of amides is 1. The summed E-state index contributed by atoms with van der Waals surface area (Å²) in [5.41, 5.74) is 0.667. The topological polar surface area (TPSA) is 82.9 Å². The van der Waals surface area contributed by atoms with Crippen molar-refractivity contribution in [2.24, 2.45) is 0 Å². The first kappa shape index (κ1) is 16.3. The third-order valence-electron chi connectivity index (χ3n) is 5.30. The second-order valence-corrected chi connectivity index (χ2v) is 6.89. The van der Waals surface area contributed by atoms with E-state index in [1.165, 1.54) is 17.2 Å². The van der Waals surface area contributed by atoms with Crippen molar-refractivity contribution in [3.05, 3.63) is 34.4 Å². The molecule has 4 heterocycles. The van der Waals surface area contributed by atoms with Crippen LogP contribution < -0.4 is 5.69 Å². The molecule has 0 aliphatic carbocycles. The predicted octanol–water partition coefficient (Wildman–Crippen LogP) is 0.348. The third kappa shape index (κ3) is 3.07. The van der Waals surface area contributed by atoms with Crippen molar-refractivity contribution in [3.8, 4) is 0 Å². The number of carbonyl (C=O) groups excluding carboxylic acids is 1. The summed E-state index contributed by atoms with van der Waals surface area (Å²) in [7, 11) is 1.70. The van der Waals surface area contributed by atoms with E-state index in [-0.39, 0.29) is 23.7 Å². The molecule has 134 valence electrons. The highest BCUT2D eigenvalue weighted by Gasteiger charge is 2.37. The molecule has 2 aliphatic heterocycles. The number of hydrogen-bond acceptors (Lipinski definition) is 5. The molecule has 2 saturated heterocycles. The van der Waals surface area contributed by atoms with Gasteiger partial charge in [-0.25, -0.2) is 14.3 Å². The molecule has 0 aromatic carbocycles. The first-order valence-electron chi connectivity index (χ1n) is 8.78. The first-order valence-corrected chi connectivity index (χ1v) is 8.78. The molecule has 2 aromatic heterocycles. The molecule has 8 nitrogen and oxygen atoms in total. The summed E-state index contributed by atoms with van der Waals surface area (Å²) in [6.45, 7) is 3.69. The Morgan fingerprint density at radius 3 is 2.92 bits per heavy atom. The number of nitrogens with one attached hydrogen (secondary N) is 1. The van der Waals surface area contributed by atoms with Crippen LogP contribution in [0.25, 0.3) is 5.65 Å². The van der Waals surface area contributed by atoms with Crippen molar-refractivity contribution in [2.75, 3.05) is 33.3 Å². The molecule has 0 spiro atoms. The molecule has 2 fully saturated rings. The molecule has 0 saturated carbocycles. The van der Waals surface area contributed by atoms with E-state index in [2.05, 4.69) is 15.1 Å². The molecular formula is C17H23N5O3. The van der Waals surface area contributed by atoms with Gasteiger partial charge in [0.15, 0.2) is 5.65 Å². The molecular weight excluding hydrogens is 322 g/mol. The van der Waals surface area contributed by atoms with Crippen LogP contribution in [-0.2, 0) is 4.74 Å². The van der Waals surface area contributed by atoms with Gasteiger partial charge in [0.25, 0.3) is 5.91 Å². The number of pyridine rings is 1. The lowest BCUT2D eigenvalue weighted by molar-refractivity contribution is 0.0669. The SMILES string of the molecule is CO[C@H]1C[C@@H](CN2CCCC2)N(C(=O)c2ccc3n[nH]c(=O)n3c2)C1. The number of ether oxygens (including phenoxy) is 1. The standard InChI is InChI=1S/C17H23N5O3/c1-25-14-8-13(10-20-6-2-3-7-20)21(11-14)16(23)12-4-5-15-18-19-17(24)22(15)9-12/h4-5,9,13-14H,2-3,6-8,10-11H2,1H3,(H,19,24)/t13-,14-/m0/s1. The summed E-state index contributed by atoms with van der Waals surface area (Å²) in [4.78, 5) is 29.2. The molecule has 25 heavy (non-hydrogen) atoms. The Balaban J connectivity index is 1.58. The highest BCUT2D eigenvalue weighted by Crippen LogP contribution is 2.24. The molecule has 2 aliphatic rings. The molecule has 0 bridgehead atoms. The zero-order chi connectivity index (χ0) is 17.4. The molecule has 0 unspecified atom stereocenters. The Hall–Kier alpha value is -2.19. The summed E-state index contributed by atoms with van der Waals surface area (Å²) in [6, 6.07) is 3.56. The van der Waals surface area contributed by atoms with Gasteiger partial charge in [0, 0.05) is 32.4 Å². The van der Waals surface area contributed by atoms with E-state index in [9.17, 15) is 9.59 Å². The Kier molecular flexibility index (Phi) is 4.30. The van der Waals surface area contributed by atoms with E-state index < -0.39 is 0 Å². The van der Waals surface area contributed by atoms with Gasteiger partial charge in [-0.05, 0) is 44.5 Å². The van der Waals surface area contributed by atoms with Gasteiger partial charge in [-0.2, -0.15) is 5.10 Å². The van der Waals surface area contributed by atoms with Gasteiger partial charge in [0.05, 0.1) is 11.7 Å². The van der Waals surface area contributed by atoms with E-state index in [1.807, 2.05) is 4.90 Å². The van der Waals surface area contributed by atoms with Gasteiger partial charge in [-0.1, -0.05) is 0 Å². The van der Waals surface area contributed by atoms with Crippen LogP contribution in [0.15, 0.2) is 23.1 Å². The molecule has 4 rings (SSSR count). The number of rotatable bonds is 4. The fraction of sp³-hybridized carbons (Fsp3) is 0.588. The van der Waals surface area contributed by atoms with Crippen LogP contribution in [0.1, 0.15) is 29.6 Å². The second kappa shape index (κ2) is 6.61. The van der Waals surface area contributed by atoms with E-state index >= 15 is 0 Å². The van der Waals surface area contributed by atoms with Crippen molar-refractivity contribution < 1.29 is 9.53 Å². The number of carbonyl (C=O) groups is 1. The monoisotopic (exact) mass is 345 g/mol. The molecule has 1 N–H and O–H groups in total. The van der Waals surface area contributed by atoms with Crippen LogP contribution in [0.5, 0.6) is 0 Å². The number of aromatic nitrogens is 3. The first-order chi connectivity index (χ1) is 12.2. The number of H-pyrrole nitrogens is 1. The van der Waals surface area contributed by atoms with Crippen molar-refractivity contribution in [1.82, 2.24) is 24.4 Å². The summed E-state index contributed by atoms with van der Waals surface area (Å²) in [6.07, 6.45) is 4.95. The van der Waals surface area contributed by atoms with Crippen molar-refractivity contribution >= 4 is 11.6 Å². The lowest BCUT2D eigenvalue weighted by Crippen LogP contribution is -2.42. The smallest absolute Gasteiger partial charge is 0.347 e. The number of hydrogen-bond donors (Lipinski definition) is 1. The third-order valence-corrected chi connectivity index (χ3v) is 5.30. The van der Waals surface area contributed by atoms with Crippen molar-refractivity contribution in [1.29, 1.82) is 0 Å². The largest absolute Gasteiger partial charge is 0.380 e. The molecule has 1 amide bonds. The predicted molar refractivity (Wildman–Crippen MR) is 91.7 cm³/mol. The van der Waals surface area contributed by atoms with Crippen LogP contribution in [0.3, 0.4) is 0 Å². The number of aromatic amines is 1. The van der Waals surface area contributed by atoms with Crippen LogP contribution in [0.4, 0.5) is 0 Å². The highest BCUT2D eigenvalue weighted by atomic mass is 16.5. The summed E-state index contributed by atoms with van der Waals surface area (Å²) < 4.78 is 6.88. The van der Waals surface area contributed by atoms with Crippen LogP contribution in [-0.4, -0.2) is 75.7 Å². The molecule has 2 atom stereocenters. The van der Waals surface area contributed by atoms with Gasteiger partial charge in [0.1, 0.15) is 0 Å². The maximum atomic E-state index is 13.1. The number of methoxy groups -OCH3 is 1. The maximum Gasteiger partial charge on any atom is 0.347 e. The minimum atomic E-state index is -0.338. The Morgan fingerprint density at radius 2 is 2.16 bits per heavy atom. The fourth-order valence-corrected chi connectivity index (χ4v) is 3.93. The summed E-state index contributed by atoms with van der Waals surface area (Å²) >= 11 is 0. The lowest BCUT2D eigenvalue weighted by atomic mass is 10.1. The Labute approximate surface area is 145 Å². The summed E-state index contributed by atoms with van der Waals surface area (Å²) in [5, 5.41) is 6.29. The number of fused-ring (bicyclic) bond motifs is 1. The van der Waals surface area contributed by atoms with E-state index in [0.29, 0.717) is 17.8 Å². The molecule has 0 radical (unpaired) electrons. The van der Waals surface area contributed by atoms with Gasteiger partial charge in [-0.15, -0.1) is 0 Å². The van der Waals surface area contributed by atoms with E-state index in [0.717, 1.165) is 26.1 Å². The minimum absolute atomic E-state index is 0.0567. The second-order valence-electron chi connectivity index (χ2n) is 6.89. The van der Waals surface area contributed by atoms with Crippen LogP contribution in [0, 0.1) is 0 Å². The maximum absolute atomic E-state index is 13.1. The average molecular weight is 345 g/mol. The van der Waals surface area contributed by atoms with Gasteiger partial charge < -0.3 is 14.5 Å². The zero-order valence-corrected chi connectivity index (χ0v) is 14.4. The average Bonchev–Trinajstić information content (AvgIpc) is 3.35. The van der Waals surface area contributed by atoms with Gasteiger partial charge in [-0.3, -0.25) is 4.79 Å². The van der Waals surface area contributed by atoms with Gasteiger partial charge in [0.2, 0.25) is 0 Å². The van der Waals surface area contributed by atoms with Crippen LogP contribution >= 0.6 is 0 Å². The Morgan fingerprint density at radius 1 is 1.36 bits per heavy atom. The van der Waals surface area contributed by atoms with E-state index in [1.54, 1.807) is 25.4 Å². The zero-order valence-electron chi connectivity index (χ0n) is 14.4. The lowest BCUT2D eigenvalue weighted by Gasteiger charge is -2.28. The van der Waals surface area contributed by atoms with Crippen molar-refractivity contribution in [2.45, 2.75) is 31.4 Å². The molecule has 2 aromatic rings. The van der Waals surface area contributed by atoms with Crippen LogP contribution in [0.2, 0.25) is 0 Å². The Bertz CT molecular complexity index is 823. The van der Waals surface area contributed by atoms with Crippen molar-refractivity contribution in [3.63, 3.8) is 0 Å². The van der Waals surface area contributed by atoms with Gasteiger partial charge >= 0.3 is 5.69 Å². The van der Waals surface area contributed by atoms with E-state index in [4.69, 9.17) is 4.74 Å². The fourth-order valence-electron chi connectivity index (χ4n) is 3.93. The number of likely N-dealkylation sites (tertiary alicyclic amines) is 2. The summed E-state index contributed by atoms with van der Waals surface area (Å²) in [5.74, 6) is -0.0567. The normalized spacial score (nSPS) is 24.4. The quantitative estimate of drug-likeness (QED) is 0.864. The highest BCUT2D eigenvalue weighted by molar-refractivity contribution is 5.94. The number of nitrogens with zero attached hydrogens (tertiary/aromatic N) is 4. The minimum Gasteiger partial charge on any atom is -0.380 e. The molecule has 8 heteroatoms.